The van der Waals surface area contributed by atoms with Gasteiger partial charge in [0.1, 0.15) is 5.38 Å². The summed E-state index contributed by atoms with van der Waals surface area (Å²) in [5, 5.41) is 3.21. The topological polar surface area (TPSA) is 59.1 Å². The third kappa shape index (κ3) is 1.57. The minimum absolute atomic E-state index is 0.351. The molecule has 1 N–H and O–H groups in total. The molecule has 1 aliphatic heterocycles. The zero-order chi connectivity index (χ0) is 12.7. The first kappa shape index (κ1) is 11.2. The first-order valence-electron chi connectivity index (χ1n) is 5.50. The highest BCUT2D eigenvalue weighted by Crippen LogP contribution is 2.33. The summed E-state index contributed by atoms with van der Waals surface area (Å²) in [6.45, 7) is 0. The van der Waals surface area contributed by atoms with Crippen LogP contribution in [0.2, 0.25) is 0 Å². The lowest BCUT2D eigenvalue weighted by Gasteiger charge is -2.12. The lowest BCUT2D eigenvalue weighted by atomic mass is 9.93. The van der Waals surface area contributed by atoms with Crippen LogP contribution in [0, 0.1) is 0 Å². The second kappa shape index (κ2) is 4.07. The molecule has 1 aliphatic rings. The molecule has 2 amide bonds. The Morgan fingerprint density at radius 2 is 2.00 bits per heavy atom. The number of pyridine rings is 1. The van der Waals surface area contributed by atoms with Crippen LogP contribution >= 0.6 is 11.6 Å². The lowest BCUT2D eigenvalue weighted by Crippen LogP contribution is -2.22. The summed E-state index contributed by atoms with van der Waals surface area (Å²) in [5.41, 5.74) is 0.740. The number of carbonyl (C=O) groups excluding carboxylic acids is 2. The van der Waals surface area contributed by atoms with Gasteiger partial charge >= 0.3 is 0 Å². The quantitative estimate of drug-likeness (QED) is 0.626. The summed E-state index contributed by atoms with van der Waals surface area (Å²) in [7, 11) is 0. The maximum absolute atomic E-state index is 11.8. The van der Waals surface area contributed by atoms with Crippen LogP contribution in [0.15, 0.2) is 36.7 Å². The van der Waals surface area contributed by atoms with Gasteiger partial charge in [0, 0.05) is 17.8 Å². The zero-order valence-corrected chi connectivity index (χ0v) is 10.0. The predicted octanol–water partition coefficient (Wildman–Crippen LogP) is 1.58. The monoisotopic (exact) mass is 260 g/mol. The number of benzene rings is 1. The standard InChI is InChI=1S/C13H9ClN2O2/c14-11-10(12(17)16-13(11)18)8-3-1-2-7-4-5-15-6-9(7)8/h1-6,10-11H,(H,16,17,18). The van der Waals surface area contributed by atoms with Gasteiger partial charge in [-0.3, -0.25) is 19.9 Å². The van der Waals surface area contributed by atoms with Crippen molar-refractivity contribution >= 4 is 34.2 Å². The van der Waals surface area contributed by atoms with E-state index in [0.717, 1.165) is 16.3 Å². The molecule has 2 heterocycles. The van der Waals surface area contributed by atoms with Crippen molar-refractivity contribution in [2.45, 2.75) is 11.3 Å². The van der Waals surface area contributed by atoms with E-state index in [1.165, 1.54) is 0 Å². The van der Waals surface area contributed by atoms with Gasteiger partial charge in [-0.05, 0) is 17.0 Å². The van der Waals surface area contributed by atoms with Gasteiger partial charge in [-0.1, -0.05) is 18.2 Å². The fraction of sp³-hybridized carbons (Fsp3) is 0.154. The van der Waals surface area contributed by atoms with Crippen molar-refractivity contribution in [3.63, 3.8) is 0 Å². The molecule has 1 saturated heterocycles. The fourth-order valence-electron chi connectivity index (χ4n) is 2.26. The van der Waals surface area contributed by atoms with E-state index in [4.69, 9.17) is 11.6 Å². The van der Waals surface area contributed by atoms with Crippen LogP contribution in [0.5, 0.6) is 0 Å². The van der Waals surface area contributed by atoms with Gasteiger partial charge in [0.15, 0.2) is 0 Å². The molecule has 2 aromatic rings. The number of hydrogen-bond acceptors (Lipinski definition) is 3. The van der Waals surface area contributed by atoms with Crippen LogP contribution in [0.3, 0.4) is 0 Å². The van der Waals surface area contributed by atoms with Crippen molar-refractivity contribution < 1.29 is 9.59 Å². The van der Waals surface area contributed by atoms with E-state index < -0.39 is 17.2 Å². The highest BCUT2D eigenvalue weighted by Gasteiger charge is 2.41. The van der Waals surface area contributed by atoms with Crippen molar-refractivity contribution in [3.8, 4) is 0 Å². The molecule has 18 heavy (non-hydrogen) atoms. The Labute approximate surface area is 108 Å². The number of amides is 2. The Morgan fingerprint density at radius 1 is 1.17 bits per heavy atom. The molecular formula is C13H9ClN2O2. The first-order chi connectivity index (χ1) is 8.68. The highest BCUT2D eigenvalue weighted by molar-refractivity contribution is 6.37. The van der Waals surface area contributed by atoms with Crippen molar-refractivity contribution in [2.75, 3.05) is 0 Å². The van der Waals surface area contributed by atoms with Gasteiger partial charge in [-0.25, -0.2) is 0 Å². The number of fused-ring (bicyclic) bond motifs is 1. The van der Waals surface area contributed by atoms with Crippen LogP contribution < -0.4 is 5.32 Å². The van der Waals surface area contributed by atoms with Gasteiger partial charge in [0.05, 0.1) is 5.92 Å². The zero-order valence-electron chi connectivity index (χ0n) is 9.26. The maximum atomic E-state index is 11.8. The molecule has 3 rings (SSSR count). The van der Waals surface area contributed by atoms with E-state index in [1.54, 1.807) is 12.4 Å². The molecular weight excluding hydrogens is 252 g/mol. The average Bonchev–Trinajstić information content (AvgIpc) is 2.63. The Hall–Kier alpha value is -1.94. The van der Waals surface area contributed by atoms with Gasteiger partial charge in [-0.2, -0.15) is 0 Å². The summed E-state index contributed by atoms with van der Waals surface area (Å²) in [4.78, 5) is 27.3. The number of halogens is 1. The molecule has 2 unspecified atom stereocenters. The van der Waals surface area contributed by atoms with Crippen LogP contribution in [0.1, 0.15) is 11.5 Å². The van der Waals surface area contributed by atoms with Crippen molar-refractivity contribution in [3.05, 3.63) is 42.2 Å². The molecule has 2 atom stereocenters. The summed E-state index contributed by atoms with van der Waals surface area (Å²) in [5.74, 6) is -1.43. The van der Waals surface area contributed by atoms with Gasteiger partial charge in [0.25, 0.3) is 0 Å². The molecule has 1 fully saturated rings. The highest BCUT2D eigenvalue weighted by atomic mass is 35.5. The molecule has 90 valence electrons. The largest absolute Gasteiger partial charge is 0.295 e. The Kier molecular flexibility index (Phi) is 2.52. The molecule has 4 nitrogen and oxygen atoms in total. The Balaban J connectivity index is 2.20. The van der Waals surface area contributed by atoms with Crippen LogP contribution in [-0.2, 0) is 9.59 Å². The molecule has 0 bridgehead atoms. The van der Waals surface area contributed by atoms with E-state index in [2.05, 4.69) is 10.3 Å². The number of rotatable bonds is 1. The van der Waals surface area contributed by atoms with E-state index in [9.17, 15) is 9.59 Å². The van der Waals surface area contributed by atoms with Gasteiger partial charge < -0.3 is 0 Å². The second-order valence-corrected chi connectivity index (χ2v) is 4.65. The Bertz CT molecular complexity index is 651. The van der Waals surface area contributed by atoms with Crippen molar-refractivity contribution in [1.82, 2.24) is 10.3 Å². The average molecular weight is 261 g/mol. The first-order valence-corrected chi connectivity index (χ1v) is 5.93. The third-order valence-corrected chi connectivity index (χ3v) is 3.57. The maximum Gasteiger partial charge on any atom is 0.245 e. The molecule has 0 spiro atoms. The summed E-state index contributed by atoms with van der Waals surface area (Å²) in [6.07, 6.45) is 3.37. The van der Waals surface area contributed by atoms with E-state index in [-0.39, 0.29) is 5.91 Å². The predicted molar refractivity (Wildman–Crippen MR) is 67.3 cm³/mol. The van der Waals surface area contributed by atoms with Gasteiger partial charge in [-0.15, -0.1) is 11.6 Å². The van der Waals surface area contributed by atoms with Crippen LogP contribution in [0.4, 0.5) is 0 Å². The van der Waals surface area contributed by atoms with Crippen molar-refractivity contribution in [2.24, 2.45) is 0 Å². The number of carbonyl (C=O) groups is 2. The minimum atomic E-state index is -0.858. The van der Waals surface area contributed by atoms with E-state index in [1.807, 2.05) is 24.3 Å². The Morgan fingerprint density at radius 3 is 2.72 bits per heavy atom. The number of nitrogens with one attached hydrogen (secondary N) is 1. The van der Waals surface area contributed by atoms with E-state index in [0.29, 0.717) is 0 Å². The summed E-state index contributed by atoms with van der Waals surface area (Å²) < 4.78 is 0. The molecule has 0 radical (unpaired) electrons. The molecule has 5 heteroatoms. The molecule has 1 aromatic heterocycles. The SMILES string of the molecule is O=C1NC(=O)C(c2cccc3ccncc23)C1Cl. The second-order valence-electron chi connectivity index (χ2n) is 4.18. The smallest absolute Gasteiger partial charge is 0.245 e. The number of alkyl halides is 1. The molecule has 0 aliphatic carbocycles. The van der Waals surface area contributed by atoms with Crippen LogP contribution in [0.25, 0.3) is 10.8 Å². The number of imide groups is 1. The fourth-order valence-corrected chi connectivity index (χ4v) is 2.56. The summed E-state index contributed by atoms with van der Waals surface area (Å²) in [6, 6.07) is 7.44. The number of nitrogens with zero attached hydrogens (tertiary/aromatic N) is 1. The summed E-state index contributed by atoms with van der Waals surface area (Å²) >= 11 is 6.01. The van der Waals surface area contributed by atoms with Crippen molar-refractivity contribution in [1.29, 1.82) is 0 Å². The normalized spacial score (nSPS) is 23.4. The van der Waals surface area contributed by atoms with Gasteiger partial charge in [0.2, 0.25) is 11.8 Å². The molecule has 1 aromatic carbocycles. The van der Waals surface area contributed by atoms with Crippen LogP contribution in [-0.4, -0.2) is 22.2 Å². The molecule has 0 saturated carbocycles. The minimum Gasteiger partial charge on any atom is -0.295 e. The number of aromatic nitrogens is 1. The number of hydrogen-bond donors (Lipinski definition) is 1. The van der Waals surface area contributed by atoms with E-state index >= 15 is 0 Å². The third-order valence-electron chi connectivity index (χ3n) is 3.12. The lowest BCUT2D eigenvalue weighted by molar-refractivity contribution is -0.125.